The van der Waals surface area contributed by atoms with Gasteiger partial charge in [-0.2, -0.15) is 9.40 Å². The minimum atomic E-state index is -3.35. The number of hydrogen-bond donors (Lipinski definition) is 0. The number of hydrogen-bond acceptors (Lipinski definition) is 4. The molecule has 1 aromatic heterocycles. The summed E-state index contributed by atoms with van der Waals surface area (Å²) in [5.74, 6) is 0.0666. The SMILES string of the molecule is Cn1cc(CCC(=O)N2CCN(S(=O)(=O)Cc3ccccc3)CC2)cn1. The molecule has 0 unspecified atom stereocenters. The molecule has 0 atom stereocenters. The number of piperazine rings is 1. The molecule has 1 fully saturated rings. The Kier molecular flexibility index (Phi) is 5.73. The summed E-state index contributed by atoms with van der Waals surface area (Å²) in [5.41, 5.74) is 1.81. The number of aromatic nitrogens is 2. The average molecular weight is 376 g/mol. The van der Waals surface area contributed by atoms with Crippen molar-refractivity contribution in [1.29, 1.82) is 0 Å². The molecule has 26 heavy (non-hydrogen) atoms. The molecule has 8 heteroatoms. The van der Waals surface area contributed by atoms with Crippen molar-refractivity contribution in [2.24, 2.45) is 7.05 Å². The molecule has 0 saturated carbocycles. The number of benzene rings is 1. The van der Waals surface area contributed by atoms with Gasteiger partial charge in [-0.1, -0.05) is 30.3 Å². The number of amides is 1. The summed E-state index contributed by atoms with van der Waals surface area (Å²) in [4.78, 5) is 14.1. The molecule has 0 bridgehead atoms. The van der Waals surface area contributed by atoms with Crippen LogP contribution in [-0.2, 0) is 34.0 Å². The predicted molar refractivity (Wildman–Crippen MR) is 98.7 cm³/mol. The summed E-state index contributed by atoms with van der Waals surface area (Å²) >= 11 is 0. The van der Waals surface area contributed by atoms with E-state index in [1.807, 2.05) is 43.6 Å². The van der Waals surface area contributed by atoms with Crippen molar-refractivity contribution in [2.75, 3.05) is 26.2 Å². The zero-order valence-corrected chi connectivity index (χ0v) is 15.7. The van der Waals surface area contributed by atoms with Gasteiger partial charge >= 0.3 is 0 Å². The van der Waals surface area contributed by atoms with Crippen LogP contribution in [0.1, 0.15) is 17.5 Å². The summed E-state index contributed by atoms with van der Waals surface area (Å²) in [6, 6.07) is 9.17. The standard InChI is InChI=1S/C18H24N4O3S/c1-20-14-17(13-19-20)7-8-18(23)21-9-11-22(12-10-21)26(24,25)15-16-5-3-2-4-6-16/h2-6,13-14H,7-12,15H2,1H3. The number of carbonyl (C=O) groups excluding carboxylic acids is 1. The summed E-state index contributed by atoms with van der Waals surface area (Å²) in [5, 5.41) is 4.10. The zero-order chi connectivity index (χ0) is 18.6. The van der Waals surface area contributed by atoms with Crippen molar-refractivity contribution < 1.29 is 13.2 Å². The molecule has 140 valence electrons. The van der Waals surface area contributed by atoms with Gasteiger partial charge in [-0.05, 0) is 17.5 Å². The number of nitrogens with zero attached hydrogens (tertiary/aromatic N) is 4. The molecule has 0 spiro atoms. The van der Waals surface area contributed by atoms with Gasteiger partial charge in [0.1, 0.15) is 0 Å². The summed E-state index contributed by atoms with van der Waals surface area (Å²) in [6.07, 6.45) is 4.74. The third-order valence-electron chi connectivity index (χ3n) is 4.56. The van der Waals surface area contributed by atoms with Gasteiger partial charge in [-0.3, -0.25) is 9.48 Å². The first-order valence-electron chi connectivity index (χ1n) is 8.71. The van der Waals surface area contributed by atoms with Crippen LogP contribution in [-0.4, -0.2) is 59.5 Å². The van der Waals surface area contributed by atoms with Gasteiger partial charge in [-0.25, -0.2) is 8.42 Å². The van der Waals surface area contributed by atoms with E-state index in [9.17, 15) is 13.2 Å². The highest BCUT2D eigenvalue weighted by Gasteiger charge is 2.28. The Bertz CT molecular complexity index is 840. The maximum atomic E-state index is 12.6. The quantitative estimate of drug-likeness (QED) is 0.755. The lowest BCUT2D eigenvalue weighted by Gasteiger charge is -2.34. The van der Waals surface area contributed by atoms with Crippen LogP contribution in [0, 0.1) is 0 Å². The van der Waals surface area contributed by atoms with E-state index in [1.165, 1.54) is 4.31 Å². The summed E-state index contributed by atoms with van der Waals surface area (Å²) < 4.78 is 28.3. The van der Waals surface area contributed by atoms with E-state index < -0.39 is 10.0 Å². The van der Waals surface area contributed by atoms with Crippen LogP contribution in [0.4, 0.5) is 0 Å². The third-order valence-corrected chi connectivity index (χ3v) is 6.41. The van der Waals surface area contributed by atoms with Gasteiger partial charge in [0.15, 0.2) is 0 Å². The maximum Gasteiger partial charge on any atom is 0.222 e. The lowest BCUT2D eigenvalue weighted by Crippen LogP contribution is -2.50. The fourth-order valence-electron chi connectivity index (χ4n) is 3.10. The molecule has 0 aliphatic carbocycles. The van der Waals surface area contributed by atoms with Crippen molar-refractivity contribution in [2.45, 2.75) is 18.6 Å². The van der Waals surface area contributed by atoms with Crippen LogP contribution >= 0.6 is 0 Å². The van der Waals surface area contributed by atoms with Gasteiger partial charge in [0.05, 0.1) is 11.9 Å². The number of aryl methyl sites for hydroxylation is 2. The van der Waals surface area contributed by atoms with Gasteiger partial charge in [0.2, 0.25) is 15.9 Å². The van der Waals surface area contributed by atoms with Crippen molar-refractivity contribution in [3.8, 4) is 0 Å². The summed E-state index contributed by atoms with van der Waals surface area (Å²) in [6.45, 7) is 1.60. The molecule has 1 aliphatic rings. The average Bonchev–Trinajstić information content (AvgIpc) is 3.05. The number of sulfonamides is 1. The van der Waals surface area contributed by atoms with Crippen LogP contribution in [0.5, 0.6) is 0 Å². The topological polar surface area (TPSA) is 75.5 Å². The molecule has 0 radical (unpaired) electrons. The van der Waals surface area contributed by atoms with E-state index in [0.29, 0.717) is 39.0 Å². The smallest absolute Gasteiger partial charge is 0.222 e. The second kappa shape index (κ2) is 8.01. The molecule has 1 saturated heterocycles. The van der Waals surface area contributed by atoms with E-state index in [0.717, 1.165) is 11.1 Å². The van der Waals surface area contributed by atoms with Crippen LogP contribution in [0.15, 0.2) is 42.7 Å². The fourth-order valence-corrected chi connectivity index (χ4v) is 4.62. The minimum Gasteiger partial charge on any atom is -0.340 e. The molecular formula is C18H24N4O3S. The first kappa shape index (κ1) is 18.6. The Morgan fingerprint density at radius 2 is 1.77 bits per heavy atom. The van der Waals surface area contributed by atoms with Gasteiger partial charge in [0.25, 0.3) is 0 Å². The van der Waals surface area contributed by atoms with Gasteiger partial charge < -0.3 is 4.90 Å². The van der Waals surface area contributed by atoms with E-state index >= 15 is 0 Å². The largest absolute Gasteiger partial charge is 0.340 e. The second-order valence-electron chi connectivity index (χ2n) is 6.54. The molecule has 0 N–H and O–H groups in total. The first-order valence-corrected chi connectivity index (χ1v) is 10.3. The predicted octanol–water partition coefficient (Wildman–Crippen LogP) is 1.03. The second-order valence-corrected chi connectivity index (χ2v) is 8.51. The zero-order valence-electron chi connectivity index (χ0n) is 14.9. The molecule has 1 aliphatic heterocycles. The Morgan fingerprint density at radius 3 is 2.38 bits per heavy atom. The highest BCUT2D eigenvalue weighted by molar-refractivity contribution is 7.88. The van der Waals surface area contributed by atoms with Crippen LogP contribution < -0.4 is 0 Å². The highest BCUT2D eigenvalue weighted by atomic mass is 32.2. The van der Waals surface area contributed by atoms with Crippen LogP contribution in [0.2, 0.25) is 0 Å². The molecule has 2 aromatic rings. The van der Waals surface area contributed by atoms with Crippen molar-refractivity contribution in [1.82, 2.24) is 19.0 Å². The van der Waals surface area contributed by atoms with E-state index in [-0.39, 0.29) is 11.7 Å². The molecule has 1 amide bonds. The fraction of sp³-hybridized carbons (Fsp3) is 0.444. The first-order chi connectivity index (χ1) is 12.4. The molecular weight excluding hydrogens is 352 g/mol. The van der Waals surface area contributed by atoms with E-state index in [4.69, 9.17) is 0 Å². The van der Waals surface area contributed by atoms with E-state index in [2.05, 4.69) is 5.10 Å². The molecule has 2 heterocycles. The van der Waals surface area contributed by atoms with Crippen LogP contribution in [0.3, 0.4) is 0 Å². The monoisotopic (exact) mass is 376 g/mol. The van der Waals surface area contributed by atoms with Crippen molar-refractivity contribution in [3.05, 3.63) is 53.9 Å². The lowest BCUT2D eigenvalue weighted by atomic mass is 10.2. The normalized spacial score (nSPS) is 16.0. The van der Waals surface area contributed by atoms with Gasteiger partial charge in [0, 0.05) is 45.8 Å². The maximum absolute atomic E-state index is 12.6. The highest BCUT2D eigenvalue weighted by Crippen LogP contribution is 2.14. The Labute approximate surface area is 154 Å². The van der Waals surface area contributed by atoms with E-state index in [1.54, 1.807) is 15.8 Å². The lowest BCUT2D eigenvalue weighted by molar-refractivity contribution is -0.132. The van der Waals surface area contributed by atoms with Crippen molar-refractivity contribution in [3.63, 3.8) is 0 Å². The molecule has 1 aromatic carbocycles. The Balaban J connectivity index is 1.49. The van der Waals surface area contributed by atoms with Crippen molar-refractivity contribution >= 4 is 15.9 Å². The Morgan fingerprint density at radius 1 is 1.08 bits per heavy atom. The third kappa shape index (κ3) is 4.70. The minimum absolute atomic E-state index is 0.00277. The molecule has 7 nitrogen and oxygen atoms in total. The Hall–Kier alpha value is -2.19. The van der Waals surface area contributed by atoms with Gasteiger partial charge in [-0.15, -0.1) is 0 Å². The number of rotatable bonds is 6. The molecule has 3 rings (SSSR count). The number of carbonyl (C=O) groups is 1. The summed E-state index contributed by atoms with van der Waals surface area (Å²) in [7, 11) is -1.51. The van der Waals surface area contributed by atoms with Crippen LogP contribution in [0.25, 0.3) is 0 Å².